The molecule has 1 saturated carbocycles. The fraction of sp³-hybridized carbons (Fsp3) is 0.500. The summed E-state index contributed by atoms with van der Waals surface area (Å²) in [5, 5.41) is 0. The van der Waals surface area contributed by atoms with Crippen molar-refractivity contribution in [1.82, 2.24) is 9.62 Å². The van der Waals surface area contributed by atoms with Gasteiger partial charge in [-0.05, 0) is 86.0 Å². The van der Waals surface area contributed by atoms with Crippen LogP contribution in [0.15, 0.2) is 36.4 Å². The molecule has 1 aliphatic heterocycles. The summed E-state index contributed by atoms with van der Waals surface area (Å²) in [5.41, 5.74) is 3.37. The van der Waals surface area contributed by atoms with Crippen LogP contribution >= 0.6 is 0 Å². The molecule has 2 aliphatic carbocycles. The third-order valence-electron chi connectivity index (χ3n) is 6.94. The molecule has 7 heteroatoms. The molecule has 1 N–H and O–H groups in total. The zero-order valence-corrected chi connectivity index (χ0v) is 18.3. The van der Waals surface area contributed by atoms with E-state index in [1.807, 2.05) is 12.1 Å². The summed E-state index contributed by atoms with van der Waals surface area (Å²) in [7, 11) is -3.40. The molecule has 2 unspecified atom stereocenters. The normalized spacial score (nSPS) is 23.5. The summed E-state index contributed by atoms with van der Waals surface area (Å²) in [6.07, 6.45) is 4.54. The van der Waals surface area contributed by atoms with Crippen molar-refractivity contribution in [2.24, 2.45) is 5.92 Å². The van der Waals surface area contributed by atoms with Gasteiger partial charge in [0.05, 0.1) is 5.75 Å². The van der Waals surface area contributed by atoms with Gasteiger partial charge in [0.15, 0.2) is 0 Å². The highest BCUT2D eigenvalue weighted by molar-refractivity contribution is 7.89. The Balaban J connectivity index is 1.40. The first-order chi connectivity index (χ1) is 14.9. The van der Waals surface area contributed by atoms with E-state index < -0.39 is 10.0 Å². The highest BCUT2D eigenvalue weighted by atomic mass is 32.2. The molecule has 2 atom stereocenters. The van der Waals surface area contributed by atoms with Crippen molar-refractivity contribution in [3.63, 3.8) is 0 Å². The van der Waals surface area contributed by atoms with Crippen molar-refractivity contribution < 1.29 is 17.2 Å². The molecular formula is C24H28F2N2O2S. The second kappa shape index (κ2) is 8.26. The lowest BCUT2D eigenvalue weighted by Crippen LogP contribution is -2.47. The van der Waals surface area contributed by atoms with Crippen LogP contribution in [-0.4, -0.2) is 38.2 Å². The number of nitrogens with zero attached hydrogens (tertiary/aromatic N) is 1. The molecule has 166 valence electrons. The van der Waals surface area contributed by atoms with Gasteiger partial charge in [0.2, 0.25) is 10.0 Å². The standard InChI is InChI=1S/C24H28F2N2O2S/c25-20-4-1-3-17(9-20)10-22-21-11-19(14-27-31(29,30)15-16-5-6-16)23(26)12-18(21)13-24(22)28-7-2-8-28/h1,3-4,9,11-12,16,22,24,27H,2,5-8,10,13-15H2. The van der Waals surface area contributed by atoms with E-state index in [1.54, 1.807) is 18.2 Å². The topological polar surface area (TPSA) is 49.4 Å². The van der Waals surface area contributed by atoms with Gasteiger partial charge in [-0.3, -0.25) is 4.90 Å². The SMILES string of the molecule is O=S(=O)(CC1CC1)NCc1cc2c(cc1F)CC(N1CCC1)C2Cc1cccc(F)c1. The molecule has 0 aromatic heterocycles. The van der Waals surface area contributed by atoms with Crippen LogP contribution in [-0.2, 0) is 29.4 Å². The summed E-state index contributed by atoms with van der Waals surface area (Å²) in [5.74, 6) is -0.101. The predicted molar refractivity (Wildman–Crippen MR) is 116 cm³/mol. The summed E-state index contributed by atoms with van der Waals surface area (Å²) in [6, 6.07) is 10.4. The Labute approximate surface area is 182 Å². The van der Waals surface area contributed by atoms with Gasteiger partial charge in [-0.1, -0.05) is 18.2 Å². The second-order valence-corrected chi connectivity index (χ2v) is 11.1. The molecule has 31 heavy (non-hydrogen) atoms. The van der Waals surface area contributed by atoms with Crippen LogP contribution in [0.2, 0.25) is 0 Å². The third kappa shape index (κ3) is 4.69. The van der Waals surface area contributed by atoms with Crippen LogP contribution in [0.3, 0.4) is 0 Å². The second-order valence-electron chi connectivity index (χ2n) is 9.29. The van der Waals surface area contributed by atoms with Gasteiger partial charge in [-0.2, -0.15) is 0 Å². The minimum atomic E-state index is -3.40. The average molecular weight is 447 g/mol. The lowest BCUT2D eigenvalue weighted by atomic mass is 9.88. The van der Waals surface area contributed by atoms with Crippen molar-refractivity contribution >= 4 is 10.0 Å². The first-order valence-electron chi connectivity index (χ1n) is 11.1. The van der Waals surface area contributed by atoms with E-state index in [-0.39, 0.29) is 41.8 Å². The van der Waals surface area contributed by atoms with Crippen LogP contribution in [0.25, 0.3) is 0 Å². The number of likely N-dealkylation sites (tertiary alicyclic amines) is 1. The van der Waals surface area contributed by atoms with Gasteiger partial charge in [0, 0.05) is 24.1 Å². The summed E-state index contributed by atoms with van der Waals surface area (Å²) >= 11 is 0. The van der Waals surface area contributed by atoms with Gasteiger partial charge in [-0.15, -0.1) is 0 Å². The highest BCUT2D eigenvalue weighted by Crippen LogP contribution is 2.41. The van der Waals surface area contributed by atoms with Crippen LogP contribution in [0.5, 0.6) is 0 Å². The first kappa shape index (κ1) is 21.0. The molecule has 2 aromatic carbocycles. The van der Waals surface area contributed by atoms with E-state index in [9.17, 15) is 17.2 Å². The summed E-state index contributed by atoms with van der Waals surface area (Å²) in [6.45, 7) is 2.04. The smallest absolute Gasteiger partial charge is 0.212 e. The number of sulfonamides is 1. The molecule has 0 amide bonds. The maximum Gasteiger partial charge on any atom is 0.212 e. The number of fused-ring (bicyclic) bond motifs is 1. The van der Waals surface area contributed by atoms with Crippen LogP contribution in [0.4, 0.5) is 8.78 Å². The molecule has 2 fully saturated rings. The quantitative estimate of drug-likeness (QED) is 0.672. The monoisotopic (exact) mass is 446 g/mol. The number of benzene rings is 2. The zero-order valence-electron chi connectivity index (χ0n) is 17.5. The summed E-state index contributed by atoms with van der Waals surface area (Å²) in [4.78, 5) is 2.43. The molecule has 1 heterocycles. The van der Waals surface area contributed by atoms with Crippen LogP contribution < -0.4 is 4.72 Å². The highest BCUT2D eigenvalue weighted by Gasteiger charge is 2.39. The van der Waals surface area contributed by atoms with Crippen molar-refractivity contribution in [2.45, 2.75) is 50.6 Å². The van der Waals surface area contributed by atoms with Crippen molar-refractivity contribution in [1.29, 1.82) is 0 Å². The largest absolute Gasteiger partial charge is 0.299 e. The molecule has 0 bridgehead atoms. The minimum Gasteiger partial charge on any atom is -0.299 e. The Bertz CT molecular complexity index is 1080. The number of nitrogens with one attached hydrogen (secondary N) is 1. The summed E-state index contributed by atoms with van der Waals surface area (Å²) < 4.78 is 55.7. The maximum atomic E-state index is 14.8. The molecule has 2 aromatic rings. The Morgan fingerprint density at radius 3 is 2.58 bits per heavy atom. The molecule has 0 spiro atoms. The van der Waals surface area contributed by atoms with Crippen molar-refractivity contribution in [3.8, 4) is 0 Å². The van der Waals surface area contributed by atoms with Gasteiger partial charge in [0.25, 0.3) is 0 Å². The lowest BCUT2D eigenvalue weighted by Gasteiger charge is -2.39. The van der Waals surface area contributed by atoms with Gasteiger partial charge in [-0.25, -0.2) is 21.9 Å². The van der Waals surface area contributed by atoms with Gasteiger partial charge >= 0.3 is 0 Å². The molecular weight excluding hydrogens is 418 g/mol. The molecule has 4 nitrogen and oxygen atoms in total. The predicted octanol–water partition coefficient (Wildman–Crippen LogP) is 3.75. The molecule has 0 radical (unpaired) electrons. The fourth-order valence-corrected chi connectivity index (χ4v) is 6.42. The average Bonchev–Trinajstić information content (AvgIpc) is 3.41. The maximum absolute atomic E-state index is 14.8. The van der Waals surface area contributed by atoms with E-state index in [0.29, 0.717) is 12.0 Å². The van der Waals surface area contributed by atoms with E-state index in [4.69, 9.17) is 0 Å². The Hall–Kier alpha value is -1.83. The van der Waals surface area contributed by atoms with Crippen molar-refractivity contribution in [3.05, 3.63) is 70.3 Å². The van der Waals surface area contributed by atoms with E-state index in [2.05, 4.69) is 9.62 Å². The Morgan fingerprint density at radius 2 is 1.90 bits per heavy atom. The Morgan fingerprint density at radius 1 is 1.10 bits per heavy atom. The number of hydrogen-bond donors (Lipinski definition) is 1. The molecule has 5 rings (SSSR count). The van der Waals surface area contributed by atoms with Crippen LogP contribution in [0, 0.1) is 17.6 Å². The zero-order chi connectivity index (χ0) is 21.6. The van der Waals surface area contributed by atoms with E-state index >= 15 is 0 Å². The van der Waals surface area contributed by atoms with E-state index in [0.717, 1.165) is 49.0 Å². The number of hydrogen-bond acceptors (Lipinski definition) is 3. The number of halogens is 2. The minimum absolute atomic E-state index is 0.0325. The van der Waals surface area contributed by atoms with Crippen LogP contribution in [0.1, 0.15) is 47.4 Å². The molecule has 3 aliphatic rings. The Kier molecular flexibility index (Phi) is 5.61. The first-order valence-corrected chi connectivity index (χ1v) is 12.8. The van der Waals surface area contributed by atoms with E-state index in [1.165, 1.54) is 12.5 Å². The molecule has 1 saturated heterocycles. The number of rotatable bonds is 8. The van der Waals surface area contributed by atoms with Gasteiger partial charge in [0.1, 0.15) is 11.6 Å². The lowest BCUT2D eigenvalue weighted by molar-refractivity contribution is 0.106. The third-order valence-corrected chi connectivity index (χ3v) is 8.43. The van der Waals surface area contributed by atoms with Crippen molar-refractivity contribution in [2.75, 3.05) is 18.8 Å². The fourth-order valence-electron chi connectivity index (χ4n) is 4.97. The van der Waals surface area contributed by atoms with Gasteiger partial charge < -0.3 is 0 Å².